The van der Waals surface area contributed by atoms with Crippen LogP contribution in [-0.2, 0) is 0 Å². The number of rotatable bonds is 4. The van der Waals surface area contributed by atoms with Crippen molar-refractivity contribution in [3.8, 4) is 0 Å². The molecule has 1 unspecified atom stereocenters. The Kier molecular flexibility index (Phi) is 4.31. The normalized spacial score (nSPS) is 12.1. The summed E-state index contributed by atoms with van der Waals surface area (Å²) in [5.41, 5.74) is 5.72. The highest BCUT2D eigenvalue weighted by Gasteiger charge is 2.24. The average Bonchev–Trinajstić information content (AvgIpc) is 2.97. The van der Waals surface area contributed by atoms with Gasteiger partial charge < -0.3 is 15.1 Å². The third kappa shape index (κ3) is 3.13. The molecule has 3 aromatic rings. The number of nitrogens with one attached hydrogen (secondary N) is 2. The maximum Gasteiger partial charge on any atom is 0.335 e. The fraction of sp³-hybridized carbons (Fsp3) is 0.200. The fourth-order valence-corrected chi connectivity index (χ4v) is 3.44. The Morgan fingerprint density at radius 3 is 2.20 bits per heavy atom. The van der Waals surface area contributed by atoms with E-state index in [0.717, 1.165) is 33.5 Å². The van der Waals surface area contributed by atoms with Crippen LogP contribution in [0.4, 0.5) is 0 Å². The summed E-state index contributed by atoms with van der Waals surface area (Å²) >= 11 is 0. The quantitative estimate of drug-likeness (QED) is 0.681. The van der Waals surface area contributed by atoms with Crippen LogP contribution in [0.25, 0.3) is 0 Å². The maximum atomic E-state index is 11.7. The smallest absolute Gasteiger partial charge is 0.335 e. The predicted octanol–water partition coefficient (Wildman–Crippen LogP) is 3.51. The number of benzene rings is 2. The zero-order valence-electron chi connectivity index (χ0n) is 14.4. The third-order valence-electron chi connectivity index (χ3n) is 4.56. The van der Waals surface area contributed by atoms with Crippen LogP contribution in [0.15, 0.2) is 47.4 Å². The largest absolute Gasteiger partial charge is 0.478 e. The number of carboxylic acid groups (broad SMARTS) is 1. The standard InChI is InChI=1S/C20H20N2O3/c1-11-6-4-5-7-15(11)18(16-10-21-20(25)22-16)17-12(2)8-14(19(23)24)9-13(17)3/h4-10,18H,1-3H3,(H,23,24)(H2,21,22,25). The summed E-state index contributed by atoms with van der Waals surface area (Å²) < 4.78 is 0. The number of aromatic amines is 2. The molecule has 0 saturated carbocycles. The number of carboxylic acids is 1. The molecule has 0 radical (unpaired) electrons. The van der Waals surface area contributed by atoms with E-state index in [9.17, 15) is 14.7 Å². The Morgan fingerprint density at radius 2 is 1.68 bits per heavy atom. The summed E-state index contributed by atoms with van der Waals surface area (Å²) in [4.78, 5) is 28.5. The Morgan fingerprint density at radius 1 is 1.04 bits per heavy atom. The first-order valence-corrected chi connectivity index (χ1v) is 8.06. The number of imidazole rings is 1. The number of aromatic carboxylic acids is 1. The maximum absolute atomic E-state index is 11.7. The molecule has 5 heteroatoms. The number of hydrogen-bond acceptors (Lipinski definition) is 2. The Labute approximate surface area is 145 Å². The lowest BCUT2D eigenvalue weighted by molar-refractivity contribution is 0.0696. The van der Waals surface area contributed by atoms with Crippen molar-refractivity contribution in [2.75, 3.05) is 0 Å². The van der Waals surface area contributed by atoms with Crippen LogP contribution in [0.2, 0.25) is 0 Å². The summed E-state index contributed by atoms with van der Waals surface area (Å²) in [6.45, 7) is 5.85. The van der Waals surface area contributed by atoms with Crippen LogP contribution in [0, 0.1) is 20.8 Å². The van der Waals surface area contributed by atoms with Gasteiger partial charge in [0.2, 0.25) is 0 Å². The molecular weight excluding hydrogens is 316 g/mol. The molecule has 0 aliphatic heterocycles. The van der Waals surface area contributed by atoms with E-state index in [1.165, 1.54) is 0 Å². The second kappa shape index (κ2) is 6.43. The van der Waals surface area contributed by atoms with Crippen molar-refractivity contribution < 1.29 is 9.90 Å². The van der Waals surface area contributed by atoms with E-state index in [0.29, 0.717) is 0 Å². The molecule has 25 heavy (non-hydrogen) atoms. The van der Waals surface area contributed by atoms with Gasteiger partial charge >= 0.3 is 11.7 Å². The lowest BCUT2D eigenvalue weighted by Crippen LogP contribution is -2.12. The van der Waals surface area contributed by atoms with Crippen LogP contribution < -0.4 is 5.69 Å². The molecule has 0 aliphatic rings. The molecule has 0 fully saturated rings. The van der Waals surface area contributed by atoms with Crippen LogP contribution in [0.1, 0.15) is 49.8 Å². The number of aryl methyl sites for hydroxylation is 3. The van der Waals surface area contributed by atoms with E-state index in [4.69, 9.17) is 0 Å². The lowest BCUT2D eigenvalue weighted by atomic mass is 9.81. The molecule has 1 atom stereocenters. The topological polar surface area (TPSA) is 86.0 Å². The minimum atomic E-state index is -0.944. The number of carbonyl (C=O) groups is 1. The third-order valence-corrected chi connectivity index (χ3v) is 4.56. The molecule has 5 nitrogen and oxygen atoms in total. The molecule has 1 heterocycles. The van der Waals surface area contributed by atoms with Gasteiger partial charge in [-0.15, -0.1) is 0 Å². The van der Waals surface area contributed by atoms with E-state index in [-0.39, 0.29) is 17.2 Å². The first kappa shape index (κ1) is 16.8. The van der Waals surface area contributed by atoms with Gasteiger partial charge in [0, 0.05) is 11.9 Å². The molecule has 0 saturated heterocycles. The molecule has 1 aromatic heterocycles. The van der Waals surface area contributed by atoms with Gasteiger partial charge in [-0.2, -0.15) is 0 Å². The average molecular weight is 336 g/mol. The van der Waals surface area contributed by atoms with E-state index in [2.05, 4.69) is 9.97 Å². The Bertz CT molecular complexity index is 975. The van der Waals surface area contributed by atoms with Crippen molar-refractivity contribution in [3.05, 3.63) is 92.2 Å². The molecule has 0 aliphatic carbocycles. The van der Waals surface area contributed by atoms with Gasteiger partial charge in [-0.3, -0.25) is 0 Å². The minimum Gasteiger partial charge on any atom is -0.478 e. The number of H-pyrrole nitrogens is 2. The number of hydrogen-bond donors (Lipinski definition) is 3. The van der Waals surface area contributed by atoms with Gasteiger partial charge in [-0.25, -0.2) is 9.59 Å². The molecule has 0 bridgehead atoms. The lowest BCUT2D eigenvalue weighted by Gasteiger charge is -2.23. The highest BCUT2D eigenvalue weighted by atomic mass is 16.4. The van der Waals surface area contributed by atoms with Crippen LogP contribution in [0.3, 0.4) is 0 Å². The zero-order chi connectivity index (χ0) is 18.1. The van der Waals surface area contributed by atoms with Crippen molar-refractivity contribution in [1.29, 1.82) is 0 Å². The summed E-state index contributed by atoms with van der Waals surface area (Å²) in [5, 5.41) is 9.29. The minimum absolute atomic E-state index is 0.178. The van der Waals surface area contributed by atoms with Crippen LogP contribution in [0.5, 0.6) is 0 Å². The van der Waals surface area contributed by atoms with Gasteiger partial charge in [-0.05, 0) is 60.7 Å². The molecule has 128 valence electrons. The van der Waals surface area contributed by atoms with Gasteiger partial charge in [-0.1, -0.05) is 24.3 Å². The molecule has 0 spiro atoms. The fourth-order valence-electron chi connectivity index (χ4n) is 3.44. The van der Waals surface area contributed by atoms with Gasteiger partial charge in [0.15, 0.2) is 0 Å². The van der Waals surface area contributed by atoms with Crippen molar-refractivity contribution in [3.63, 3.8) is 0 Å². The van der Waals surface area contributed by atoms with E-state index in [1.54, 1.807) is 18.3 Å². The molecule has 0 amide bonds. The van der Waals surface area contributed by atoms with Gasteiger partial charge in [0.05, 0.1) is 11.5 Å². The Hall–Kier alpha value is -3.08. The first-order chi connectivity index (χ1) is 11.9. The second-order valence-corrected chi connectivity index (χ2v) is 6.32. The van der Waals surface area contributed by atoms with Crippen LogP contribution in [-0.4, -0.2) is 21.0 Å². The summed E-state index contributed by atoms with van der Waals surface area (Å²) in [6.07, 6.45) is 1.68. The molecule has 3 N–H and O–H groups in total. The van der Waals surface area contributed by atoms with Crippen molar-refractivity contribution in [2.45, 2.75) is 26.7 Å². The molecule has 2 aromatic carbocycles. The first-order valence-electron chi connectivity index (χ1n) is 8.06. The van der Waals surface area contributed by atoms with E-state index < -0.39 is 5.97 Å². The summed E-state index contributed by atoms with van der Waals surface area (Å²) in [5.74, 6) is -1.12. The monoisotopic (exact) mass is 336 g/mol. The van der Waals surface area contributed by atoms with Crippen molar-refractivity contribution in [2.24, 2.45) is 0 Å². The van der Waals surface area contributed by atoms with Crippen molar-refractivity contribution >= 4 is 5.97 Å². The van der Waals surface area contributed by atoms with Gasteiger partial charge in [0.25, 0.3) is 0 Å². The highest BCUT2D eigenvalue weighted by Crippen LogP contribution is 2.36. The number of aromatic nitrogens is 2. The van der Waals surface area contributed by atoms with Crippen molar-refractivity contribution in [1.82, 2.24) is 9.97 Å². The zero-order valence-corrected chi connectivity index (χ0v) is 14.4. The molecular formula is C20H20N2O3. The van der Waals surface area contributed by atoms with E-state index in [1.807, 2.05) is 45.0 Å². The summed E-state index contributed by atoms with van der Waals surface area (Å²) in [6, 6.07) is 11.4. The Balaban J connectivity index is 2.28. The van der Waals surface area contributed by atoms with Crippen LogP contribution >= 0.6 is 0 Å². The van der Waals surface area contributed by atoms with E-state index >= 15 is 0 Å². The molecule has 3 rings (SSSR count). The summed E-state index contributed by atoms with van der Waals surface area (Å²) in [7, 11) is 0. The SMILES string of the molecule is Cc1ccccc1C(c1c[nH]c(=O)[nH]1)c1c(C)cc(C(=O)O)cc1C. The second-order valence-electron chi connectivity index (χ2n) is 6.32. The van der Waals surface area contributed by atoms with Gasteiger partial charge in [0.1, 0.15) is 0 Å². The highest BCUT2D eigenvalue weighted by molar-refractivity contribution is 5.88. The predicted molar refractivity (Wildman–Crippen MR) is 96.4 cm³/mol.